The van der Waals surface area contributed by atoms with E-state index >= 15 is 0 Å². The number of esters is 2. The van der Waals surface area contributed by atoms with Gasteiger partial charge in [0.05, 0.1) is 6.61 Å². The first-order chi connectivity index (χ1) is 14.8. The zero-order valence-corrected chi connectivity index (χ0v) is 18.9. The molecule has 4 nitrogen and oxygen atoms in total. The lowest BCUT2D eigenvalue weighted by atomic mass is 9.82. The van der Waals surface area contributed by atoms with Gasteiger partial charge < -0.3 is 9.47 Å². The van der Waals surface area contributed by atoms with Crippen LogP contribution >= 0.6 is 0 Å². The Hall–Kier alpha value is -2.05. The molecule has 0 N–H and O–H groups in total. The summed E-state index contributed by atoms with van der Waals surface area (Å²) in [5, 5.41) is 0. The van der Waals surface area contributed by atoms with E-state index in [0.717, 1.165) is 25.3 Å². The lowest BCUT2D eigenvalue weighted by Gasteiger charge is -2.26. The Morgan fingerprint density at radius 3 is 1.87 bits per heavy atom. The standard InChI is InChI=1S/C24H35F3O4/c1-4-7-8-9-10-11-12-13-14-17-30-22(28)24(5-2,6-3)23(29)31-19-16-15-18(25)20(26)21(19)27/h15-16H,4-14,17H2,1-3H3. The second kappa shape index (κ2) is 14.1. The number of benzene rings is 1. The average molecular weight is 445 g/mol. The van der Waals surface area contributed by atoms with Crippen molar-refractivity contribution in [1.82, 2.24) is 0 Å². The van der Waals surface area contributed by atoms with E-state index in [1.165, 1.54) is 32.1 Å². The predicted molar refractivity (Wildman–Crippen MR) is 113 cm³/mol. The first-order valence-corrected chi connectivity index (χ1v) is 11.4. The summed E-state index contributed by atoms with van der Waals surface area (Å²) in [5.41, 5.74) is -1.63. The van der Waals surface area contributed by atoms with Crippen molar-refractivity contribution in [3.63, 3.8) is 0 Å². The molecule has 0 aliphatic carbocycles. The first-order valence-electron chi connectivity index (χ1n) is 11.4. The third-order valence-corrected chi connectivity index (χ3v) is 5.67. The molecule has 1 rings (SSSR count). The fourth-order valence-corrected chi connectivity index (χ4v) is 3.41. The minimum Gasteiger partial charge on any atom is -0.465 e. The van der Waals surface area contributed by atoms with Gasteiger partial charge in [-0.15, -0.1) is 0 Å². The Morgan fingerprint density at radius 1 is 0.774 bits per heavy atom. The number of hydrogen-bond acceptors (Lipinski definition) is 4. The van der Waals surface area contributed by atoms with E-state index < -0.39 is 40.6 Å². The Kier molecular flexibility index (Phi) is 12.3. The maximum atomic E-state index is 13.8. The van der Waals surface area contributed by atoms with Crippen molar-refractivity contribution in [3.05, 3.63) is 29.6 Å². The van der Waals surface area contributed by atoms with E-state index in [9.17, 15) is 22.8 Å². The summed E-state index contributed by atoms with van der Waals surface area (Å²) in [6.07, 6.45) is 10.2. The van der Waals surface area contributed by atoms with Gasteiger partial charge in [0, 0.05) is 0 Å². The molecule has 0 fully saturated rings. The third-order valence-electron chi connectivity index (χ3n) is 5.67. The molecule has 0 saturated carbocycles. The number of carbonyl (C=O) groups is 2. The molecule has 7 heteroatoms. The van der Waals surface area contributed by atoms with Gasteiger partial charge >= 0.3 is 11.9 Å². The molecule has 1 aromatic rings. The molecule has 0 aliphatic rings. The van der Waals surface area contributed by atoms with Crippen LogP contribution < -0.4 is 4.74 Å². The van der Waals surface area contributed by atoms with Gasteiger partial charge in [-0.1, -0.05) is 72.1 Å². The Morgan fingerprint density at radius 2 is 1.32 bits per heavy atom. The molecule has 0 saturated heterocycles. The summed E-state index contributed by atoms with van der Waals surface area (Å²) in [4.78, 5) is 25.3. The van der Waals surface area contributed by atoms with Crippen molar-refractivity contribution in [2.45, 2.75) is 91.4 Å². The molecule has 0 atom stereocenters. The summed E-state index contributed by atoms with van der Waals surface area (Å²) in [6, 6.07) is 1.47. The fraction of sp³-hybridized carbons (Fsp3) is 0.667. The average Bonchev–Trinajstić information content (AvgIpc) is 2.76. The zero-order valence-electron chi connectivity index (χ0n) is 18.9. The van der Waals surface area contributed by atoms with Gasteiger partial charge in [-0.3, -0.25) is 9.59 Å². The normalized spacial score (nSPS) is 11.4. The van der Waals surface area contributed by atoms with E-state index in [4.69, 9.17) is 9.47 Å². The van der Waals surface area contributed by atoms with Gasteiger partial charge in [0.15, 0.2) is 22.8 Å². The second-order valence-electron chi connectivity index (χ2n) is 7.82. The molecular formula is C24H35F3O4. The molecular weight excluding hydrogens is 409 g/mol. The summed E-state index contributed by atoms with van der Waals surface area (Å²) < 4.78 is 50.6. The Bertz CT molecular complexity index is 702. The largest absolute Gasteiger partial charge is 0.465 e. The number of hydrogen-bond donors (Lipinski definition) is 0. The van der Waals surface area contributed by atoms with Gasteiger partial charge in [0.1, 0.15) is 0 Å². The van der Waals surface area contributed by atoms with Crippen LogP contribution in [0.1, 0.15) is 91.4 Å². The minimum absolute atomic E-state index is 0.0736. The Labute approximate surface area is 183 Å². The van der Waals surface area contributed by atoms with E-state index in [-0.39, 0.29) is 19.4 Å². The van der Waals surface area contributed by atoms with Crippen LogP contribution in [0.2, 0.25) is 0 Å². The third kappa shape index (κ3) is 7.86. The number of carbonyl (C=O) groups excluding carboxylic acids is 2. The lowest BCUT2D eigenvalue weighted by molar-refractivity contribution is -0.168. The highest BCUT2D eigenvalue weighted by molar-refractivity contribution is 6.00. The summed E-state index contributed by atoms with van der Waals surface area (Å²) in [5.74, 6) is -7.30. The highest BCUT2D eigenvalue weighted by Crippen LogP contribution is 2.32. The molecule has 0 heterocycles. The molecule has 1 aromatic carbocycles. The zero-order chi connectivity index (χ0) is 23.3. The van der Waals surface area contributed by atoms with Crippen LogP contribution in [0.25, 0.3) is 0 Å². The van der Waals surface area contributed by atoms with Crippen molar-refractivity contribution in [2.75, 3.05) is 6.61 Å². The van der Waals surface area contributed by atoms with Crippen molar-refractivity contribution < 1.29 is 32.2 Å². The molecule has 0 bridgehead atoms. The highest BCUT2D eigenvalue weighted by Gasteiger charge is 2.46. The topological polar surface area (TPSA) is 52.6 Å². The minimum atomic E-state index is -1.74. The van der Waals surface area contributed by atoms with E-state index in [1.807, 2.05) is 0 Å². The predicted octanol–water partition coefficient (Wildman–Crippen LogP) is 6.89. The van der Waals surface area contributed by atoms with Gasteiger partial charge in [-0.25, -0.2) is 8.78 Å². The molecule has 0 aliphatic heterocycles. The van der Waals surface area contributed by atoms with E-state index in [1.54, 1.807) is 13.8 Å². The van der Waals surface area contributed by atoms with E-state index in [2.05, 4.69) is 6.92 Å². The number of rotatable bonds is 15. The fourth-order valence-electron chi connectivity index (χ4n) is 3.41. The highest BCUT2D eigenvalue weighted by atomic mass is 19.2. The van der Waals surface area contributed by atoms with Crippen LogP contribution in [0.5, 0.6) is 5.75 Å². The second-order valence-corrected chi connectivity index (χ2v) is 7.82. The van der Waals surface area contributed by atoms with Crippen LogP contribution in [0, 0.1) is 22.9 Å². The number of unbranched alkanes of at least 4 members (excludes halogenated alkanes) is 8. The quantitative estimate of drug-likeness (QED) is 0.0972. The molecule has 0 aromatic heterocycles. The molecule has 0 unspecified atom stereocenters. The lowest BCUT2D eigenvalue weighted by Crippen LogP contribution is -2.42. The van der Waals surface area contributed by atoms with Gasteiger partial charge in [0.2, 0.25) is 5.82 Å². The number of ether oxygens (including phenoxy) is 2. The van der Waals surface area contributed by atoms with Gasteiger partial charge in [-0.05, 0) is 31.4 Å². The summed E-state index contributed by atoms with van der Waals surface area (Å²) in [7, 11) is 0. The summed E-state index contributed by atoms with van der Waals surface area (Å²) in [6.45, 7) is 5.61. The Balaban J connectivity index is 2.54. The molecule has 0 radical (unpaired) electrons. The van der Waals surface area contributed by atoms with Crippen molar-refractivity contribution >= 4 is 11.9 Å². The monoisotopic (exact) mass is 444 g/mol. The number of halogens is 3. The van der Waals surface area contributed by atoms with Crippen LogP contribution in [0.3, 0.4) is 0 Å². The van der Waals surface area contributed by atoms with E-state index in [0.29, 0.717) is 12.5 Å². The SMILES string of the molecule is CCCCCCCCCCCOC(=O)C(CC)(CC)C(=O)Oc1ccc(F)c(F)c1F. The summed E-state index contributed by atoms with van der Waals surface area (Å²) >= 11 is 0. The molecule has 0 spiro atoms. The molecule has 31 heavy (non-hydrogen) atoms. The maximum Gasteiger partial charge on any atom is 0.328 e. The van der Waals surface area contributed by atoms with Crippen molar-refractivity contribution in [3.8, 4) is 5.75 Å². The van der Waals surface area contributed by atoms with Crippen LogP contribution in [0.15, 0.2) is 12.1 Å². The van der Waals surface area contributed by atoms with Crippen molar-refractivity contribution in [2.24, 2.45) is 5.41 Å². The van der Waals surface area contributed by atoms with Crippen LogP contribution in [0.4, 0.5) is 13.2 Å². The molecule has 176 valence electrons. The smallest absolute Gasteiger partial charge is 0.328 e. The molecule has 0 amide bonds. The van der Waals surface area contributed by atoms with Crippen molar-refractivity contribution in [1.29, 1.82) is 0 Å². The van der Waals surface area contributed by atoms with Crippen LogP contribution in [-0.4, -0.2) is 18.5 Å². The van der Waals surface area contributed by atoms with Crippen LogP contribution in [-0.2, 0) is 14.3 Å². The maximum absolute atomic E-state index is 13.8. The first kappa shape index (κ1) is 27.0. The van der Waals surface area contributed by atoms with Gasteiger partial charge in [-0.2, -0.15) is 4.39 Å². The van der Waals surface area contributed by atoms with Gasteiger partial charge in [0.25, 0.3) is 0 Å².